The van der Waals surface area contributed by atoms with Gasteiger partial charge in [-0.05, 0) is 84.0 Å². The SMILES string of the molecule is CN(C)CCCNC(=O)C=CC1(C)OOC2(OO1)C1CC3CC(C1)CC2C3. The maximum Gasteiger partial charge on any atom is 0.250 e. The van der Waals surface area contributed by atoms with E-state index in [0.717, 1.165) is 50.5 Å². The molecule has 27 heavy (non-hydrogen) atoms. The van der Waals surface area contributed by atoms with Crippen LogP contribution < -0.4 is 5.32 Å². The van der Waals surface area contributed by atoms with Gasteiger partial charge in [0.25, 0.3) is 0 Å². The standard InChI is InChI=1S/C20H32N2O5/c1-19(6-5-18(23)21-7-4-8-22(2)3)24-26-20(27-25-19)16-10-14-9-15(12-16)13-17(20)11-14/h5-6,14-17H,4,7-13H2,1-3H3,(H,21,23). The Kier molecular flexibility index (Phi) is 5.33. The third kappa shape index (κ3) is 3.93. The Morgan fingerprint density at radius 2 is 1.63 bits per heavy atom. The zero-order chi connectivity index (χ0) is 19.1. The van der Waals surface area contributed by atoms with Crippen molar-refractivity contribution >= 4 is 5.91 Å². The Balaban J connectivity index is 1.29. The van der Waals surface area contributed by atoms with Crippen molar-refractivity contribution < 1.29 is 24.3 Å². The number of carbonyl (C=O) groups is 1. The topological polar surface area (TPSA) is 69.3 Å². The van der Waals surface area contributed by atoms with Crippen molar-refractivity contribution in [2.75, 3.05) is 27.2 Å². The first-order valence-corrected chi connectivity index (χ1v) is 10.2. The number of rotatable bonds is 6. The summed E-state index contributed by atoms with van der Waals surface area (Å²) < 4.78 is 0. The minimum absolute atomic E-state index is 0.183. The molecule has 152 valence electrons. The number of carbonyl (C=O) groups excluding carboxylic acids is 1. The highest BCUT2D eigenvalue weighted by molar-refractivity contribution is 5.87. The maximum atomic E-state index is 12.0. The predicted octanol–water partition coefficient (Wildman–Crippen LogP) is 2.39. The minimum Gasteiger partial charge on any atom is -0.353 e. The van der Waals surface area contributed by atoms with Crippen LogP contribution in [-0.4, -0.2) is 49.6 Å². The third-order valence-electron chi connectivity index (χ3n) is 6.57. The lowest BCUT2D eigenvalue weighted by Crippen LogP contribution is -2.64. The van der Waals surface area contributed by atoms with Crippen LogP contribution in [0, 0.1) is 23.7 Å². The van der Waals surface area contributed by atoms with Gasteiger partial charge in [-0.15, -0.1) is 0 Å². The molecular weight excluding hydrogens is 348 g/mol. The van der Waals surface area contributed by atoms with Crippen LogP contribution in [0.4, 0.5) is 0 Å². The van der Waals surface area contributed by atoms with Crippen LogP contribution in [0.15, 0.2) is 12.2 Å². The fourth-order valence-electron chi connectivity index (χ4n) is 5.39. The lowest BCUT2D eigenvalue weighted by molar-refractivity contribution is -0.666. The molecule has 0 aromatic rings. The molecule has 0 radical (unpaired) electrons. The van der Waals surface area contributed by atoms with Gasteiger partial charge in [-0.1, -0.05) is 0 Å². The number of hydrogen-bond donors (Lipinski definition) is 1. The Labute approximate surface area is 161 Å². The molecule has 0 aromatic heterocycles. The summed E-state index contributed by atoms with van der Waals surface area (Å²) in [6.07, 6.45) is 9.71. The average molecular weight is 380 g/mol. The van der Waals surface area contributed by atoms with Gasteiger partial charge >= 0.3 is 0 Å². The number of nitrogens with zero attached hydrogens (tertiary/aromatic N) is 1. The molecule has 1 aliphatic heterocycles. The van der Waals surface area contributed by atoms with Crippen LogP contribution in [0.5, 0.6) is 0 Å². The van der Waals surface area contributed by atoms with E-state index in [2.05, 4.69) is 10.2 Å². The van der Waals surface area contributed by atoms with E-state index in [1.807, 2.05) is 14.1 Å². The Morgan fingerprint density at radius 3 is 2.19 bits per heavy atom. The summed E-state index contributed by atoms with van der Waals surface area (Å²) in [5, 5.41) is 2.85. The molecule has 4 saturated carbocycles. The fourth-order valence-corrected chi connectivity index (χ4v) is 5.39. The Morgan fingerprint density at radius 1 is 1.04 bits per heavy atom. The molecule has 0 atom stereocenters. The molecule has 5 rings (SSSR count). The van der Waals surface area contributed by atoms with Crippen molar-refractivity contribution in [3.63, 3.8) is 0 Å². The lowest BCUT2D eigenvalue weighted by Gasteiger charge is -2.59. The summed E-state index contributed by atoms with van der Waals surface area (Å²) >= 11 is 0. The first kappa shape index (κ1) is 19.3. The Hall–Kier alpha value is -0.990. The van der Waals surface area contributed by atoms with Crippen LogP contribution >= 0.6 is 0 Å². The van der Waals surface area contributed by atoms with Crippen molar-refractivity contribution in [2.45, 2.75) is 57.0 Å². The third-order valence-corrected chi connectivity index (χ3v) is 6.57. The molecule has 5 aliphatic rings. The lowest BCUT2D eigenvalue weighted by atomic mass is 9.53. The molecule has 1 saturated heterocycles. The fraction of sp³-hybridized carbons (Fsp3) is 0.850. The predicted molar refractivity (Wildman–Crippen MR) is 97.8 cm³/mol. The van der Waals surface area contributed by atoms with E-state index in [0.29, 0.717) is 18.4 Å². The summed E-state index contributed by atoms with van der Waals surface area (Å²) in [6, 6.07) is 0. The second-order valence-electron chi connectivity index (χ2n) is 9.16. The second kappa shape index (κ2) is 7.44. The first-order chi connectivity index (χ1) is 12.9. The molecule has 4 bridgehead atoms. The summed E-state index contributed by atoms with van der Waals surface area (Å²) in [4.78, 5) is 37.1. The molecular formula is C20H32N2O5. The second-order valence-corrected chi connectivity index (χ2v) is 9.16. The van der Waals surface area contributed by atoms with Gasteiger partial charge in [-0.25, -0.2) is 0 Å². The smallest absolute Gasteiger partial charge is 0.250 e. The van der Waals surface area contributed by atoms with Crippen molar-refractivity contribution in [2.24, 2.45) is 23.7 Å². The Bertz CT molecular complexity index is 553. The zero-order valence-electron chi connectivity index (χ0n) is 16.6. The van der Waals surface area contributed by atoms with Crippen molar-refractivity contribution in [1.82, 2.24) is 10.2 Å². The summed E-state index contributed by atoms with van der Waals surface area (Å²) in [5.74, 6) is 0.0990. The van der Waals surface area contributed by atoms with E-state index in [4.69, 9.17) is 19.6 Å². The van der Waals surface area contributed by atoms with Gasteiger partial charge in [0.2, 0.25) is 17.5 Å². The van der Waals surface area contributed by atoms with Gasteiger partial charge < -0.3 is 10.2 Å². The minimum atomic E-state index is -1.22. The quantitative estimate of drug-likeness (QED) is 0.434. The highest BCUT2D eigenvalue weighted by Gasteiger charge is 2.63. The maximum absolute atomic E-state index is 12.0. The van der Waals surface area contributed by atoms with Gasteiger partial charge in [-0.2, -0.15) is 19.6 Å². The van der Waals surface area contributed by atoms with Crippen molar-refractivity contribution in [1.29, 1.82) is 0 Å². The van der Waals surface area contributed by atoms with Crippen molar-refractivity contribution in [3.05, 3.63) is 12.2 Å². The van der Waals surface area contributed by atoms with E-state index >= 15 is 0 Å². The summed E-state index contributed by atoms with van der Waals surface area (Å²) in [6.45, 7) is 3.25. The molecule has 1 spiro atoms. The molecule has 5 fully saturated rings. The van der Waals surface area contributed by atoms with E-state index < -0.39 is 11.6 Å². The highest BCUT2D eigenvalue weighted by Crippen LogP contribution is 2.61. The molecule has 1 amide bonds. The van der Waals surface area contributed by atoms with Gasteiger partial charge in [0.15, 0.2) is 0 Å². The van der Waals surface area contributed by atoms with Gasteiger partial charge in [-0.3, -0.25) is 4.79 Å². The number of hydrogen-bond acceptors (Lipinski definition) is 6. The average Bonchev–Trinajstić information content (AvgIpc) is 2.63. The molecule has 4 aliphatic carbocycles. The van der Waals surface area contributed by atoms with Gasteiger partial charge in [0, 0.05) is 24.5 Å². The normalized spacial score (nSPS) is 43.1. The van der Waals surface area contributed by atoms with E-state index in [9.17, 15) is 4.79 Å². The van der Waals surface area contributed by atoms with Gasteiger partial charge in [0.1, 0.15) is 0 Å². The molecule has 1 N–H and O–H groups in total. The largest absolute Gasteiger partial charge is 0.353 e. The first-order valence-electron chi connectivity index (χ1n) is 10.2. The summed E-state index contributed by atoms with van der Waals surface area (Å²) in [5.41, 5.74) is 0. The molecule has 1 heterocycles. The van der Waals surface area contributed by atoms with Gasteiger partial charge in [0.05, 0.1) is 0 Å². The van der Waals surface area contributed by atoms with Crippen LogP contribution in [0.3, 0.4) is 0 Å². The highest BCUT2D eigenvalue weighted by atomic mass is 17.4. The molecule has 0 unspecified atom stereocenters. The van der Waals surface area contributed by atoms with Crippen LogP contribution in [0.1, 0.15) is 45.4 Å². The van der Waals surface area contributed by atoms with E-state index in [1.165, 1.54) is 18.6 Å². The summed E-state index contributed by atoms with van der Waals surface area (Å²) in [7, 11) is 4.02. The van der Waals surface area contributed by atoms with Crippen LogP contribution in [0.25, 0.3) is 0 Å². The zero-order valence-corrected chi connectivity index (χ0v) is 16.6. The van der Waals surface area contributed by atoms with E-state index in [1.54, 1.807) is 6.92 Å². The van der Waals surface area contributed by atoms with E-state index in [-0.39, 0.29) is 5.91 Å². The monoisotopic (exact) mass is 380 g/mol. The molecule has 0 aromatic carbocycles. The molecule has 7 heteroatoms. The molecule has 7 nitrogen and oxygen atoms in total. The van der Waals surface area contributed by atoms with Crippen LogP contribution in [0.2, 0.25) is 0 Å². The number of nitrogens with one attached hydrogen (secondary N) is 1. The van der Waals surface area contributed by atoms with Crippen molar-refractivity contribution in [3.8, 4) is 0 Å². The number of amides is 1. The van der Waals surface area contributed by atoms with Crippen LogP contribution in [-0.2, 0) is 24.3 Å².